The van der Waals surface area contributed by atoms with Crippen LogP contribution in [0.1, 0.15) is 25.3 Å². The fourth-order valence-electron chi connectivity index (χ4n) is 1.93. The summed E-state index contributed by atoms with van der Waals surface area (Å²) in [6, 6.07) is 3.94. The minimum atomic E-state index is -3.68. The fraction of sp³-hybridized carbons (Fsp3) is 0.417. The van der Waals surface area contributed by atoms with Gasteiger partial charge in [-0.25, -0.2) is 13.1 Å². The minimum absolute atomic E-state index is 0.0925. The Bertz CT molecular complexity index is 612. The summed E-state index contributed by atoms with van der Waals surface area (Å²) >= 11 is 0. The summed E-state index contributed by atoms with van der Waals surface area (Å²) in [6.07, 6.45) is 0. The highest BCUT2D eigenvalue weighted by Gasteiger charge is 2.28. The molecule has 0 saturated heterocycles. The highest BCUT2D eigenvalue weighted by atomic mass is 32.2. The zero-order chi connectivity index (χ0) is 14.2. The van der Waals surface area contributed by atoms with Crippen molar-refractivity contribution in [1.82, 2.24) is 4.72 Å². The molecule has 0 bridgehead atoms. The maximum absolute atomic E-state index is 12.1. The third kappa shape index (κ3) is 2.63. The predicted octanol–water partition coefficient (Wildman–Crippen LogP) is 0.401. The summed E-state index contributed by atoms with van der Waals surface area (Å²) in [4.78, 5) is 11.6. The first-order valence-corrected chi connectivity index (χ1v) is 7.41. The molecule has 1 aromatic carbocycles. The quantitative estimate of drug-likeness (QED) is 0.746. The number of anilines is 1. The van der Waals surface area contributed by atoms with Gasteiger partial charge in [-0.2, -0.15) is 0 Å². The van der Waals surface area contributed by atoms with E-state index < -0.39 is 16.1 Å². The molecule has 19 heavy (non-hydrogen) atoms. The number of sulfonamides is 1. The van der Waals surface area contributed by atoms with Gasteiger partial charge in [-0.15, -0.1) is 0 Å². The van der Waals surface area contributed by atoms with E-state index in [1.165, 1.54) is 12.1 Å². The minimum Gasteiger partial charge on any atom is -0.395 e. The third-order valence-electron chi connectivity index (χ3n) is 3.08. The summed E-state index contributed by atoms with van der Waals surface area (Å²) in [5.74, 6) is -0.498. The van der Waals surface area contributed by atoms with Gasteiger partial charge in [-0.05, 0) is 37.6 Å². The molecule has 1 aliphatic heterocycles. The number of hydrogen-bond donors (Lipinski definition) is 3. The third-order valence-corrected chi connectivity index (χ3v) is 4.67. The molecule has 2 atom stereocenters. The van der Waals surface area contributed by atoms with Crippen LogP contribution in [0.15, 0.2) is 23.1 Å². The van der Waals surface area contributed by atoms with Gasteiger partial charge in [-0.3, -0.25) is 4.79 Å². The topological polar surface area (TPSA) is 95.5 Å². The molecular weight excluding hydrogens is 268 g/mol. The number of hydrogen-bond acceptors (Lipinski definition) is 4. The lowest BCUT2D eigenvalue weighted by molar-refractivity contribution is -0.116. The summed E-state index contributed by atoms with van der Waals surface area (Å²) in [6.45, 7) is 3.01. The SMILES string of the molecule is CC1C(=O)Nc2ccc(S(=O)(=O)N[C@@H](C)CO)cc21. The Kier molecular flexibility index (Phi) is 3.62. The Hall–Kier alpha value is -1.44. The van der Waals surface area contributed by atoms with Crippen molar-refractivity contribution < 1.29 is 18.3 Å². The number of nitrogens with one attached hydrogen (secondary N) is 2. The van der Waals surface area contributed by atoms with Crippen LogP contribution in [0.25, 0.3) is 0 Å². The summed E-state index contributed by atoms with van der Waals surface area (Å²) in [5.41, 5.74) is 1.32. The van der Waals surface area contributed by atoms with Crippen LogP contribution in [0.3, 0.4) is 0 Å². The van der Waals surface area contributed by atoms with Gasteiger partial charge in [0.25, 0.3) is 0 Å². The lowest BCUT2D eigenvalue weighted by atomic mass is 10.0. The van der Waals surface area contributed by atoms with E-state index in [4.69, 9.17) is 5.11 Å². The first kappa shape index (κ1) is 14.0. The van der Waals surface area contributed by atoms with Crippen molar-refractivity contribution in [2.24, 2.45) is 0 Å². The smallest absolute Gasteiger partial charge is 0.240 e. The van der Waals surface area contributed by atoms with Gasteiger partial charge in [0.15, 0.2) is 0 Å². The van der Waals surface area contributed by atoms with Crippen LogP contribution in [-0.4, -0.2) is 32.1 Å². The molecular formula is C12H16N2O4S. The van der Waals surface area contributed by atoms with Crippen molar-refractivity contribution in [1.29, 1.82) is 0 Å². The Morgan fingerprint density at radius 1 is 1.47 bits per heavy atom. The number of amides is 1. The van der Waals surface area contributed by atoms with Gasteiger partial charge in [0.05, 0.1) is 17.4 Å². The van der Waals surface area contributed by atoms with Crippen LogP contribution in [0.2, 0.25) is 0 Å². The number of benzene rings is 1. The highest BCUT2D eigenvalue weighted by Crippen LogP contribution is 2.33. The van der Waals surface area contributed by atoms with Crippen LogP contribution < -0.4 is 10.0 Å². The first-order valence-electron chi connectivity index (χ1n) is 5.93. The van der Waals surface area contributed by atoms with Gasteiger partial charge in [0.1, 0.15) is 0 Å². The molecule has 0 radical (unpaired) electrons. The average Bonchev–Trinajstić information content (AvgIpc) is 2.64. The summed E-state index contributed by atoms with van der Waals surface area (Å²) in [7, 11) is -3.68. The normalized spacial score (nSPS) is 19.9. The molecule has 1 amide bonds. The van der Waals surface area contributed by atoms with Crippen LogP contribution in [0, 0.1) is 0 Å². The van der Waals surface area contributed by atoms with E-state index in [2.05, 4.69) is 10.0 Å². The van der Waals surface area contributed by atoms with E-state index in [1.54, 1.807) is 19.9 Å². The lowest BCUT2D eigenvalue weighted by Crippen LogP contribution is -2.35. The van der Waals surface area contributed by atoms with Crippen LogP contribution in [-0.2, 0) is 14.8 Å². The van der Waals surface area contributed by atoms with Gasteiger partial charge in [0.2, 0.25) is 15.9 Å². The molecule has 0 aromatic heterocycles. The molecule has 2 rings (SSSR count). The number of aliphatic hydroxyl groups is 1. The van der Waals surface area contributed by atoms with E-state index >= 15 is 0 Å². The molecule has 1 aliphatic rings. The summed E-state index contributed by atoms with van der Waals surface area (Å²) < 4.78 is 26.5. The van der Waals surface area contributed by atoms with Crippen molar-refractivity contribution in [2.45, 2.75) is 30.7 Å². The Labute approximate surface area is 111 Å². The fourth-order valence-corrected chi connectivity index (χ4v) is 3.20. The number of rotatable bonds is 4. The molecule has 1 aromatic rings. The van der Waals surface area contributed by atoms with Gasteiger partial charge in [-0.1, -0.05) is 0 Å². The Balaban J connectivity index is 2.36. The van der Waals surface area contributed by atoms with Crippen molar-refractivity contribution in [3.05, 3.63) is 23.8 Å². The van der Waals surface area contributed by atoms with E-state index in [0.717, 1.165) is 0 Å². The molecule has 1 heterocycles. The van der Waals surface area contributed by atoms with Crippen molar-refractivity contribution >= 4 is 21.6 Å². The standard InChI is InChI=1S/C12H16N2O4S/c1-7(6-15)14-19(17,18)9-3-4-11-10(5-9)8(2)12(16)13-11/h3-5,7-8,14-15H,6H2,1-2H3,(H,13,16)/t7-,8?/m0/s1. The zero-order valence-electron chi connectivity index (χ0n) is 10.7. The zero-order valence-corrected chi connectivity index (χ0v) is 11.5. The molecule has 104 valence electrons. The molecule has 1 unspecified atom stereocenters. The van der Waals surface area contributed by atoms with Crippen molar-refractivity contribution in [2.75, 3.05) is 11.9 Å². The van der Waals surface area contributed by atoms with Gasteiger partial charge >= 0.3 is 0 Å². The van der Waals surface area contributed by atoms with E-state index in [0.29, 0.717) is 11.3 Å². The van der Waals surface area contributed by atoms with Crippen molar-refractivity contribution in [3.63, 3.8) is 0 Å². The highest BCUT2D eigenvalue weighted by molar-refractivity contribution is 7.89. The largest absolute Gasteiger partial charge is 0.395 e. The number of carbonyl (C=O) groups excluding carboxylic acids is 1. The molecule has 0 spiro atoms. The maximum atomic E-state index is 12.1. The molecule has 3 N–H and O–H groups in total. The number of carbonyl (C=O) groups is 1. The lowest BCUT2D eigenvalue weighted by Gasteiger charge is -2.12. The molecule has 7 heteroatoms. The van der Waals surface area contributed by atoms with Crippen LogP contribution >= 0.6 is 0 Å². The predicted molar refractivity (Wildman–Crippen MR) is 70.4 cm³/mol. The maximum Gasteiger partial charge on any atom is 0.240 e. The van der Waals surface area contributed by atoms with Crippen LogP contribution in [0.4, 0.5) is 5.69 Å². The van der Waals surface area contributed by atoms with Crippen molar-refractivity contribution in [3.8, 4) is 0 Å². The second-order valence-electron chi connectivity index (χ2n) is 4.66. The van der Waals surface area contributed by atoms with E-state index in [1.807, 2.05) is 0 Å². The average molecular weight is 284 g/mol. The second-order valence-corrected chi connectivity index (χ2v) is 6.38. The second kappa shape index (κ2) is 4.92. The number of aliphatic hydroxyl groups excluding tert-OH is 1. The van der Waals surface area contributed by atoms with Crippen LogP contribution in [0.5, 0.6) is 0 Å². The molecule has 6 nitrogen and oxygen atoms in total. The summed E-state index contributed by atoms with van der Waals surface area (Å²) in [5, 5.41) is 11.6. The first-order chi connectivity index (χ1) is 8.85. The van der Waals surface area contributed by atoms with E-state index in [-0.39, 0.29) is 23.3 Å². The Morgan fingerprint density at radius 3 is 2.79 bits per heavy atom. The Morgan fingerprint density at radius 2 is 2.16 bits per heavy atom. The van der Waals surface area contributed by atoms with Gasteiger partial charge < -0.3 is 10.4 Å². The number of fused-ring (bicyclic) bond motifs is 1. The van der Waals surface area contributed by atoms with Gasteiger partial charge in [0, 0.05) is 11.7 Å². The van der Waals surface area contributed by atoms with E-state index in [9.17, 15) is 13.2 Å². The monoisotopic (exact) mass is 284 g/mol. The molecule has 0 saturated carbocycles. The molecule has 0 aliphatic carbocycles. The molecule has 0 fully saturated rings.